The largest absolute Gasteiger partial charge is 0.495 e. The third-order valence-corrected chi connectivity index (χ3v) is 4.38. The zero-order chi connectivity index (χ0) is 18.7. The minimum atomic E-state index is -0.136. The van der Waals surface area contributed by atoms with Crippen molar-refractivity contribution in [3.63, 3.8) is 0 Å². The van der Waals surface area contributed by atoms with Crippen molar-refractivity contribution >= 4 is 22.5 Å². The second-order valence-electron chi connectivity index (χ2n) is 6.34. The Balaban J connectivity index is 1.87. The maximum atomic E-state index is 12.5. The highest BCUT2D eigenvalue weighted by Gasteiger charge is 2.12. The highest BCUT2D eigenvalue weighted by atomic mass is 16.5. The van der Waals surface area contributed by atoms with Gasteiger partial charge in [-0.05, 0) is 43.2 Å². The van der Waals surface area contributed by atoms with E-state index in [1.54, 1.807) is 17.7 Å². The molecule has 1 heterocycles. The first-order chi connectivity index (χ1) is 12.5. The quantitative estimate of drug-likeness (QED) is 0.764. The number of amides is 1. The molecule has 0 aliphatic heterocycles. The van der Waals surface area contributed by atoms with Gasteiger partial charge in [0.1, 0.15) is 5.75 Å². The van der Waals surface area contributed by atoms with Crippen LogP contribution in [-0.2, 0) is 11.3 Å². The van der Waals surface area contributed by atoms with E-state index in [0.717, 1.165) is 27.7 Å². The van der Waals surface area contributed by atoms with Crippen molar-refractivity contribution in [2.45, 2.75) is 26.8 Å². The summed E-state index contributed by atoms with van der Waals surface area (Å²) < 4.78 is 7.04. The Hall–Kier alpha value is -3.08. The number of carbonyl (C=O) groups is 1. The molecule has 3 rings (SSSR count). The Kier molecular flexibility index (Phi) is 5.07. The predicted molar refractivity (Wildman–Crippen MR) is 104 cm³/mol. The van der Waals surface area contributed by atoms with E-state index >= 15 is 0 Å². The zero-order valence-corrected chi connectivity index (χ0v) is 15.2. The number of pyridine rings is 1. The highest BCUT2D eigenvalue weighted by molar-refractivity contribution is 5.91. The van der Waals surface area contributed by atoms with Crippen LogP contribution in [0.2, 0.25) is 0 Å². The lowest BCUT2D eigenvalue weighted by Crippen LogP contribution is -2.24. The van der Waals surface area contributed by atoms with Crippen molar-refractivity contribution in [3.05, 3.63) is 70.0 Å². The Morgan fingerprint density at radius 2 is 1.88 bits per heavy atom. The fourth-order valence-electron chi connectivity index (χ4n) is 3.12. The molecule has 0 bridgehead atoms. The molecular weight excluding hydrogens is 328 g/mol. The summed E-state index contributed by atoms with van der Waals surface area (Å²) in [4.78, 5) is 24.8. The van der Waals surface area contributed by atoms with Gasteiger partial charge in [-0.15, -0.1) is 0 Å². The SMILES string of the molecule is COc1cccc2c(C)cc(=O)n(CCC(=O)Nc3cccc(C)c3)c12. The molecule has 0 spiro atoms. The topological polar surface area (TPSA) is 60.3 Å². The van der Waals surface area contributed by atoms with Gasteiger partial charge in [-0.1, -0.05) is 24.3 Å². The van der Waals surface area contributed by atoms with Gasteiger partial charge in [0, 0.05) is 30.1 Å². The van der Waals surface area contributed by atoms with Gasteiger partial charge in [0.2, 0.25) is 5.91 Å². The van der Waals surface area contributed by atoms with E-state index in [1.165, 1.54) is 0 Å². The number of fused-ring (bicyclic) bond motifs is 1. The fourth-order valence-corrected chi connectivity index (χ4v) is 3.12. The van der Waals surface area contributed by atoms with Crippen LogP contribution in [0.25, 0.3) is 10.9 Å². The lowest BCUT2D eigenvalue weighted by Gasteiger charge is -2.15. The predicted octanol–water partition coefficient (Wildman–Crippen LogP) is 3.66. The number of carbonyl (C=O) groups excluding carboxylic acids is 1. The van der Waals surface area contributed by atoms with Crippen LogP contribution in [0.3, 0.4) is 0 Å². The standard InChI is InChI=1S/C21H22N2O3/c1-14-6-4-7-16(12-14)22-19(24)10-11-23-20(25)13-15(2)17-8-5-9-18(26-3)21(17)23/h4-9,12-13H,10-11H2,1-3H3,(H,22,24). The normalized spacial score (nSPS) is 10.7. The number of ether oxygens (including phenoxy) is 1. The van der Waals surface area contributed by atoms with E-state index < -0.39 is 0 Å². The second-order valence-corrected chi connectivity index (χ2v) is 6.34. The molecule has 5 nitrogen and oxygen atoms in total. The lowest BCUT2D eigenvalue weighted by molar-refractivity contribution is -0.116. The smallest absolute Gasteiger partial charge is 0.251 e. The molecule has 0 aliphatic rings. The summed E-state index contributed by atoms with van der Waals surface area (Å²) >= 11 is 0. The highest BCUT2D eigenvalue weighted by Crippen LogP contribution is 2.26. The number of rotatable bonds is 5. The van der Waals surface area contributed by atoms with Crippen molar-refractivity contribution < 1.29 is 9.53 Å². The number of benzene rings is 2. The van der Waals surface area contributed by atoms with Crippen LogP contribution in [0, 0.1) is 13.8 Å². The summed E-state index contributed by atoms with van der Waals surface area (Å²) in [5.41, 5.74) is 3.32. The molecule has 1 amide bonds. The van der Waals surface area contributed by atoms with Gasteiger partial charge in [-0.2, -0.15) is 0 Å². The first-order valence-electron chi connectivity index (χ1n) is 8.53. The summed E-state index contributed by atoms with van der Waals surface area (Å²) in [6.45, 7) is 4.16. The molecule has 0 unspecified atom stereocenters. The van der Waals surface area contributed by atoms with Crippen LogP contribution >= 0.6 is 0 Å². The van der Waals surface area contributed by atoms with Crippen molar-refractivity contribution in [2.75, 3.05) is 12.4 Å². The number of para-hydroxylation sites is 1. The molecule has 1 aromatic heterocycles. The minimum absolute atomic E-state index is 0.133. The van der Waals surface area contributed by atoms with E-state index in [0.29, 0.717) is 5.75 Å². The average Bonchev–Trinajstić information content (AvgIpc) is 2.61. The monoisotopic (exact) mass is 350 g/mol. The van der Waals surface area contributed by atoms with Gasteiger partial charge < -0.3 is 14.6 Å². The van der Waals surface area contributed by atoms with Crippen LogP contribution in [0.5, 0.6) is 5.75 Å². The summed E-state index contributed by atoms with van der Waals surface area (Å²) in [5.74, 6) is 0.494. The molecule has 1 N–H and O–H groups in total. The zero-order valence-electron chi connectivity index (χ0n) is 15.2. The molecule has 26 heavy (non-hydrogen) atoms. The molecular formula is C21H22N2O3. The number of nitrogens with one attached hydrogen (secondary N) is 1. The summed E-state index contributed by atoms with van der Waals surface area (Å²) in [7, 11) is 1.58. The van der Waals surface area contributed by atoms with Crippen LogP contribution in [0.4, 0.5) is 5.69 Å². The van der Waals surface area contributed by atoms with Gasteiger partial charge >= 0.3 is 0 Å². The van der Waals surface area contributed by atoms with Crippen LogP contribution in [-0.4, -0.2) is 17.6 Å². The molecule has 5 heteroatoms. The average molecular weight is 350 g/mol. The molecule has 0 fully saturated rings. The van der Waals surface area contributed by atoms with E-state index in [4.69, 9.17) is 4.74 Å². The summed E-state index contributed by atoms with van der Waals surface area (Å²) in [6, 6.07) is 14.9. The first kappa shape index (κ1) is 17.7. The van der Waals surface area contributed by atoms with Crippen LogP contribution in [0.1, 0.15) is 17.5 Å². The number of hydrogen-bond acceptors (Lipinski definition) is 3. The third-order valence-electron chi connectivity index (χ3n) is 4.38. The van der Waals surface area contributed by atoms with Crippen molar-refractivity contribution in [2.24, 2.45) is 0 Å². The Morgan fingerprint density at radius 1 is 1.12 bits per heavy atom. The molecule has 0 saturated carbocycles. The lowest BCUT2D eigenvalue weighted by atomic mass is 10.1. The first-order valence-corrected chi connectivity index (χ1v) is 8.53. The van der Waals surface area contributed by atoms with Crippen molar-refractivity contribution in [3.8, 4) is 5.75 Å². The van der Waals surface area contributed by atoms with Crippen molar-refractivity contribution in [1.29, 1.82) is 0 Å². The van der Waals surface area contributed by atoms with E-state index in [1.807, 2.05) is 56.3 Å². The molecule has 0 aliphatic carbocycles. The fraction of sp³-hybridized carbons (Fsp3) is 0.238. The minimum Gasteiger partial charge on any atom is -0.495 e. The third kappa shape index (κ3) is 3.61. The number of nitrogens with zero attached hydrogens (tertiary/aromatic N) is 1. The van der Waals surface area contributed by atoms with Crippen LogP contribution < -0.4 is 15.6 Å². The molecule has 3 aromatic rings. The maximum Gasteiger partial charge on any atom is 0.251 e. The number of aryl methyl sites for hydroxylation is 3. The molecule has 0 radical (unpaired) electrons. The Morgan fingerprint density at radius 3 is 2.62 bits per heavy atom. The van der Waals surface area contributed by atoms with E-state index in [9.17, 15) is 9.59 Å². The Bertz CT molecular complexity index is 1020. The van der Waals surface area contributed by atoms with E-state index in [-0.39, 0.29) is 24.4 Å². The van der Waals surface area contributed by atoms with Gasteiger partial charge in [0.15, 0.2) is 0 Å². The van der Waals surface area contributed by atoms with Gasteiger partial charge in [-0.3, -0.25) is 9.59 Å². The van der Waals surface area contributed by atoms with E-state index in [2.05, 4.69) is 5.32 Å². The number of aromatic nitrogens is 1. The second kappa shape index (κ2) is 7.44. The van der Waals surface area contributed by atoms with Gasteiger partial charge in [-0.25, -0.2) is 0 Å². The number of anilines is 1. The summed E-state index contributed by atoms with van der Waals surface area (Å²) in [6.07, 6.45) is 0.198. The van der Waals surface area contributed by atoms with Crippen LogP contribution in [0.15, 0.2) is 53.3 Å². The number of hydrogen-bond donors (Lipinski definition) is 1. The number of methoxy groups -OCH3 is 1. The molecule has 2 aromatic carbocycles. The van der Waals surface area contributed by atoms with Gasteiger partial charge in [0.25, 0.3) is 5.56 Å². The maximum absolute atomic E-state index is 12.5. The molecule has 0 atom stereocenters. The molecule has 134 valence electrons. The van der Waals surface area contributed by atoms with Crippen molar-refractivity contribution in [1.82, 2.24) is 4.57 Å². The Labute approximate surface area is 152 Å². The summed E-state index contributed by atoms with van der Waals surface area (Å²) in [5, 5.41) is 3.82. The molecule has 0 saturated heterocycles. The van der Waals surface area contributed by atoms with Gasteiger partial charge in [0.05, 0.1) is 12.6 Å².